The second-order valence-electron chi connectivity index (χ2n) is 7.12. The van der Waals surface area contributed by atoms with Gasteiger partial charge in [0.25, 0.3) is 15.9 Å². The number of nitrogens with one attached hydrogen (secondary N) is 1. The first-order chi connectivity index (χ1) is 14.7. The van der Waals surface area contributed by atoms with Crippen LogP contribution >= 0.6 is 11.6 Å². The Bertz CT molecular complexity index is 1180. The van der Waals surface area contributed by atoms with E-state index in [1.807, 2.05) is 31.2 Å². The number of halogens is 1. The molecule has 0 saturated carbocycles. The number of anilines is 1. The van der Waals surface area contributed by atoms with Gasteiger partial charge in [0.05, 0.1) is 28.3 Å². The molecule has 0 aromatic heterocycles. The van der Waals surface area contributed by atoms with Crippen LogP contribution in [0.25, 0.3) is 0 Å². The van der Waals surface area contributed by atoms with E-state index < -0.39 is 10.0 Å². The molecule has 0 aliphatic heterocycles. The third-order valence-corrected chi connectivity index (χ3v) is 6.42. The summed E-state index contributed by atoms with van der Waals surface area (Å²) in [6, 6.07) is 18.4. The molecule has 3 aromatic rings. The summed E-state index contributed by atoms with van der Waals surface area (Å²) in [7, 11) is -0.485. The number of aryl methyl sites for hydroxylation is 1. The number of methoxy groups -OCH3 is 1. The van der Waals surface area contributed by atoms with Crippen LogP contribution in [0.15, 0.2) is 71.6 Å². The first-order valence-electron chi connectivity index (χ1n) is 9.47. The molecule has 0 spiro atoms. The fourth-order valence-electron chi connectivity index (χ4n) is 2.97. The van der Waals surface area contributed by atoms with Gasteiger partial charge in [0.15, 0.2) is 0 Å². The Balaban J connectivity index is 1.73. The van der Waals surface area contributed by atoms with Crippen LogP contribution in [-0.4, -0.2) is 33.4 Å². The number of hydrogen-bond acceptors (Lipinski definition) is 4. The summed E-state index contributed by atoms with van der Waals surface area (Å²) in [4.78, 5) is 14.5. The Labute approximate surface area is 187 Å². The smallest absolute Gasteiger partial charge is 0.261 e. The van der Waals surface area contributed by atoms with E-state index in [0.717, 1.165) is 16.9 Å². The summed E-state index contributed by atoms with van der Waals surface area (Å²) in [5.41, 5.74) is 2.47. The highest BCUT2D eigenvalue weighted by molar-refractivity contribution is 7.92. The molecule has 0 saturated heterocycles. The number of amides is 1. The van der Waals surface area contributed by atoms with Gasteiger partial charge in [-0.05, 0) is 55.0 Å². The number of carbonyl (C=O) groups excluding carboxylic acids is 1. The molecule has 8 heteroatoms. The summed E-state index contributed by atoms with van der Waals surface area (Å²) in [5, 5.41) is 0.163. The van der Waals surface area contributed by atoms with Gasteiger partial charge in [-0.15, -0.1) is 0 Å². The van der Waals surface area contributed by atoms with Crippen LogP contribution in [0.2, 0.25) is 5.02 Å². The van der Waals surface area contributed by atoms with Crippen molar-refractivity contribution in [3.63, 3.8) is 0 Å². The summed E-state index contributed by atoms with van der Waals surface area (Å²) >= 11 is 6.31. The average Bonchev–Trinajstić information content (AvgIpc) is 2.74. The summed E-state index contributed by atoms with van der Waals surface area (Å²) < 4.78 is 32.8. The molecule has 0 fully saturated rings. The zero-order valence-corrected chi connectivity index (χ0v) is 19.0. The lowest BCUT2D eigenvalue weighted by Crippen LogP contribution is -2.26. The van der Waals surface area contributed by atoms with Crippen molar-refractivity contribution < 1.29 is 17.9 Å². The summed E-state index contributed by atoms with van der Waals surface area (Å²) in [5.74, 6) is 0.471. The largest absolute Gasteiger partial charge is 0.497 e. The van der Waals surface area contributed by atoms with E-state index in [0.29, 0.717) is 6.54 Å². The number of rotatable bonds is 7. The van der Waals surface area contributed by atoms with Crippen molar-refractivity contribution in [1.29, 1.82) is 0 Å². The Kier molecular flexibility index (Phi) is 6.87. The van der Waals surface area contributed by atoms with Crippen LogP contribution in [0.1, 0.15) is 21.5 Å². The molecule has 162 valence electrons. The first kappa shape index (κ1) is 22.7. The Morgan fingerprint density at radius 3 is 2.26 bits per heavy atom. The Hall–Kier alpha value is -3.03. The van der Waals surface area contributed by atoms with Crippen LogP contribution in [0.4, 0.5) is 5.69 Å². The maximum atomic E-state index is 12.8. The molecule has 6 nitrogen and oxygen atoms in total. The van der Waals surface area contributed by atoms with E-state index >= 15 is 0 Å². The molecule has 0 bridgehead atoms. The normalized spacial score (nSPS) is 11.1. The van der Waals surface area contributed by atoms with Crippen molar-refractivity contribution in [3.8, 4) is 5.75 Å². The first-order valence-corrected chi connectivity index (χ1v) is 11.3. The number of carbonyl (C=O) groups is 1. The van der Waals surface area contributed by atoms with E-state index in [1.54, 1.807) is 31.2 Å². The maximum absolute atomic E-state index is 12.8. The van der Waals surface area contributed by atoms with Crippen LogP contribution in [-0.2, 0) is 16.6 Å². The Morgan fingerprint density at radius 1 is 1.03 bits per heavy atom. The van der Waals surface area contributed by atoms with Crippen molar-refractivity contribution in [2.45, 2.75) is 18.4 Å². The molecule has 1 amide bonds. The molecule has 0 heterocycles. The number of sulfonamides is 1. The monoisotopic (exact) mass is 458 g/mol. The van der Waals surface area contributed by atoms with Gasteiger partial charge < -0.3 is 9.64 Å². The number of benzene rings is 3. The van der Waals surface area contributed by atoms with Gasteiger partial charge >= 0.3 is 0 Å². The number of hydrogen-bond donors (Lipinski definition) is 1. The topological polar surface area (TPSA) is 75.7 Å². The van der Waals surface area contributed by atoms with Crippen molar-refractivity contribution in [2.24, 2.45) is 0 Å². The third kappa shape index (κ3) is 5.57. The minimum absolute atomic E-state index is 0.147. The van der Waals surface area contributed by atoms with E-state index in [4.69, 9.17) is 16.3 Å². The van der Waals surface area contributed by atoms with Gasteiger partial charge in [-0.1, -0.05) is 41.4 Å². The van der Waals surface area contributed by atoms with Crippen molar-refractivity contribution in [2.75, 3.05) is 18.9 Å². The van der Waals surface area contributed by atoms with Gasteiger partial charge in [-0.2, -0.15) is 0 Å². The summed E-state index contributed by atoms with van der Waals surface area (Å²) in [6.45, 7) is 2.27. The van der Waals surface area contributed by atoms with Crippen LogP contribution in [0.5, 0.6) is 5.75 Å². The average molecular weight is 459 g/mol. The minimum Gasteiger partial charge on any atom is -0.497 e. The van der Waals surface area contributed by atoms with E-state index in [2.05, 4.69) is 4.72 Å². The second kappa shape index (κ2) is 9.41. The molecule has 3 rings (SSSR count). The molecular weight excluding hydrogens is 436 g/mol. The molecule has 0 aliphatic rings. The molecule has 3 aromatic carbocycles. The fourth-order valence-corrected chi connectivity index (χ4v) is 4.28. The predicted octanol–water partition coefficient (Wildman–Crippen LogP) is 4.73. The highest BCUT2D eigenvalue weighted by atomic mass is 35.5. The predicted molar refractivity (Wildman–Crippen MR) is 122 cm³/mol. The lowest BCUT2D eigenvalue weighted by atomic mass is 10.1. The zero-order chi connectivity index (χ0) is 22.6. The van der Waals surface area contributed by atoms with Gasteiger partial charge in [0, 0.05) is 13.6 Å². The molecular formula is C23H23ClN2O4S. The highest BCUT2D eigenvalue weighted by Crippen LogP contribution is 2.25. The van der Waals surface area contributed by atoms with Gasteiger partial charge in [0.2, 0.25) is 0 Å². The third-order valence-electron chi connectivity index (χ3n) is 4.71. The minimum atomic E-state index is -3.76. The summed E-state index contributed by atoms with van der Waals surface area (Å²) in [6.07, 6.45) is 0. The zero-order valence-electron chi connectivity index (χ0n) is 17.4. The highest BCUT2D eigenvalue weighted by Gasteiger charge is 2.18. The van der Waals surface area contributed by atoms with Crippen molar-refractivity contribution in [3.05, 3.63) is 88.4 Å². The van der Waals surface area contributed by atoms with Crippen LogP contribution in [0, 0.1) is 6.92 Å². The lowest BCUT2D eigenvalue weighted by molar-refractivity contribution is 0.0785. The standard InChI is InChI=1S/C23H23ClN2O4S/c1-16-4-11-20(12-5-16)31(28,29)25-18-8-13-21(22(24)14-18)23(27)26(2)15-17-6-9-19(30-3)10-7-17/h4-14,25H,15H2,1-3H3. The molecule has 0 radical (unpaired) electrons. The quantitative estimate of drug-likeness (QED) is 0.555. The van der Waals surface area contributed by atoms with Gasteiger partial charge in [0.1, 0.15) is 5.75 Å². The van der Waals surface area contributed by atoms with E-state index in [-0.39, 0.29) is 27.1 Å². The number of ether oxygens (including phenoxy) is 1. The molecule has 0 aliphatic carbocycles. The van der Waals surface area contributed by atoms with Crippen LogP contribution < -0.4 is 9.46 Å². The van der Waals surface area contributed by atoms with Crippen molar-refractivity contribution in [1.82, 2.24) is 4.90 Å². The van der Waals surface area contributed by atoms with Crippen LogP contribution in [0.3, 0.4) is 0 Å². The van der Waals surface area contributed by atoms with Crippen molar-refractivity contribution >= 4 is 33.2 Å². The van der Waals surface area contributed by atoms with E-state index in [9.17, 15) is 13.2 Å². The van der Waals surface area contributed by atoms with E-state index in [1.165, 1.54) is 30.3 Å². The molecule has 0 atom stereocenters. The van der Waals surface area contributed by atoms with Gasteiger partial charge in [-0.25, -0.2) is 8.42 Å². The SMILES string of the molecule is COc1ccc(CN(C)C(=O)c2ccc(NS(=O)(=O)c3ccc(C)cc3)cc2Cl)cc1. The lowest BCUT2D eigenvalue weighted by Gasteiger charge is -2.19. The molecule has 31 heavy (non-hydrogen) atoms. The second-order valence-corrected chi connectivity index (χ2v) is 9.21. The number of nitrogens with zero attached hydrogens (tertiary/aromatic N) is 1. The van der Waals surface area contributed by atoms with Gasteiger partial charge in [-0.3, -0.25) is 9.52 Å². The fraction of sp³-hybridized carbons (Fsp3) is 0.174. The molecule has 0 unspecified atom stereocenters. The maximum Gasteiger partial charge on any atom is 0.261 e. The Morgan fingerprint density at radius 2 is 1.68 bits per heavy atom. The molecule has 1 N–H and O–H groups in total.